The van der Waals surface area contributed by atoms with Crippen molar-refractivity contribution in [2.45, 2.75) is 6.61 Å². The Labute approximate surface area is 123 Å². The fourth-order valence-electron chi connectivity index (χ4n) is 2.05. The molecule has 0 unspecified atom stereocenters. The molecule has 0 saturated heterocycles. The Morgan fingerprint density at radius 3 is 2.29 bits per heavy atom. The molecule has 1 heterocycles. The van der Waals surface area contributed by atoms with Crippen molar-refractivity contribution < 1.29 is 9.84 Å². The van der Waals surface area contributed by atoms with Gasteiger partial charge in [0.1, 0.15) is 11.5 Å². The predicted molar refractivity (Wildman–Crippen MR) is 82.1 cm³/mol. The zero-order valence-corrected chi connectivity index (χ0v) is 11.4. The Balaban J connectivity index is 1.80. The minimum absolute atomic E-state index is 0.0186. The normalized spacial score (nSPS) is 10.3. The highest BCUT2D eigenvalue weighted by atomic mass is 16.5. The minimum atomic E-state index is 0.0186. The van der Waals surface area contributed by atoms with Crippen LogP contribution in [0, 0.1) is 0 Å². The Kier molecular flexibility index (Phi) is 3.94. The fourth-order valence-corrected chi connectivity index (χ4v) is 2.05. The maximum absolute atomic E-state index is 9.17. The SMILES string of the molecule is OCc1ccnc(-c2ccc(Oc3ccccc3)cc2)c1. The molecule has 104 valence electrons. The van der Waals surface area contributed by atoms with Crippen molar-refractivity contribution in [3.63, 3.8) is 0 Å². The molecule has 3 heteroatoms. The number of aromatic nitrogens is 1. The van der Waals surface area contributed by atoms with E-state index in [1.807, 2.05) is 60.7 Å². The lowest BCUT2D eigenvalue weighted by Gasteiger charge is -2.07. The Morgan fingerprint density at radius 1 is 0.857 bits per heavy atom. The van der Waals surface area contributed by atoms with Crippen LogP contribution in [0.25, 0.3) is 11.3 Å². The number of hydrogen-bond acceptors (Lipinski definition) is 3. The van der Waals surface area contributed by atoms with Gasteiger partial charge in [0.15, 0.2) is 0 Å². The third kappa shape index (κ3) is 3.27. The van der Waals surface area contributed by atoms with E-state index in [0.29, 0.717) is 0 Å². The van der Waals surface area contributed by atoms with Crippen LogP contribution in [-0.2, 0) is 6.61 Å². The van der Waals surface area contributed by atoms with Crippen LogP contribution in [0.1, 0.15) is 5.56 Å². The Morgan fingerprint density at radius 2 is 1.57 bits per heavy atom. The molecule has 0 bridgehead atoms. The summed E-state index contributed by atoms with van der Waals surface area (Å²) in [6, 6.07) is 21.1. The molecule has 0 aliphatic carbocycles. The standard InChI is InChI=1S/C18H15NO2/c20-13-14-10-11-19-18(12-14)15-6-8-17(9-7-15)21-16-4-2-1-3-5-16/h1-12,20H,13H2. The molecule has 0 radical (unpaired) electrons. The quantitative estimate of drug-likeness (QED) is 0.782. The summed E-state index contributed by atoms with van der Waals surface area (Å²) in [6.45, 7) is 0.0186. The second-order valence-corrected chi connectivity index (χ2v) is 4.65. The van der Waals surface area contributed by atoms with E-state index in [1.54, 1.807) is 12.3 Å². The maximum atomic E-state index is 9.17. The van der Waals surface area contributed by atoms with Gasteiger partial charge in [-0.25, -0.2) is 0 Å². The van der Waals surface area contributed by atoms with Crippen LogP contribution in [0.15, 0.2) is 72.9 Å². The maximum Gasteiger partial charge on any atom is 0.127 e. The summed E-state index contributed by atoms with van der Waals surface area (Å²) in [5.41, 5.74) is 2.68. The first-order valence-electron chi connectivity index (χ1n) is 6.74. The first-order valence-corrected chi connectivity index (χ1v) is 6.74. The van der Waals surface area contributed by atoms with Gasteiger partial charge in [-0.1, -0.05) is 18.2 Å². The van der Waals surface area contributed by atoms with Crippen molar-refractivity contribution >= 4 is 0 Å². The summed E-state index contributed by atoms with van der Waals surface area (Å²) in [5.74, 6) is 1.59. The van der Waals surface area contributed by atoms with Gasteiger partial charge < -0.3 is 9.84 Å². The molecule has 1 aromatic heterocycles. The average molecular weight is 277 g/mol. The van der Waals surface area contributed by atoms with Crippen LogP contribution >= 0.6 is 0 Å². The van der Waals surface area contributed by atoms with Crippen LogP contribution in [0.5, 0.6) is 11.5 Å². The minimum Gasteiger partial charge on any atom is -0.457 e. The van der Waals surface area contributed by atoms with E-state index in [4.69, 9.17) is 9.84 Å². The van der Waals surface area contributed by atoms with Crippen molar-refractivity contribution in [3.05, 3.63) is 78.5 Å². The van der Waals surface area contributed by atoms with Crippen molar-refractivity contribution in [2.24, 2.45) is 0 Å². The summed E-state index contributed by atoms with van der Waals surface area (Å²) >= 11 is 0. The molecule has 0 atom stereocenters. The van der Waals surface area contributed by atoms with Crippen LogP contribution in [0.3, 0.4) is 0 Å². The molecule has 1 N–H and O–H groups in total. The zero-order chi connectivity index (χ0) is 14.5. The molecular formula is C18H15NO2. The predicted octanol–water partition coefficient (Wildman–Crippen LogP) is 4.03. The monoisotopic (exact) mass is 277 g/mol. The van der Waals surface area contributed by atoms with Crippen molar-refractivity contribution in [3.8, 4) is 22.8 Å². The van der Waals surface area contributed by atoms with Gasteiger partial charge in [0.05, 0.1) is 12.3 Å². The van der Waals surface area contributed by atoms with E-state index in [1.165, 1.54) is 0 Å². The highest BCUT2D eigenvalue weighted by Gasteiger charge is 2.02. The molecule has 2 aromatic carbocycles. The molecule has 0 fully saturated rings. The van der Waals surface area contributed by atoms with Gasteiger partial charge in [-0.05, 0) is 54.1 Å². The summed E-state index contributed by atoms with van der Waals surface area (Å²) in [4.78, 5) is 4.32. The van der Waals surface area contributed by atoms with Gasteiger partial charge in [0.2, 0.25) is 0 Å². The van der Waals surface area contributed by atoms with Gasteiger partial charge in [0, 0.05) is 11.8 Å². The largest absolute Gasteiger partial charge is 0.457 e. The van der Waals surface area contributed by atoms with E-state index >= 15 is 0 Å². The topological polar surface area (TPSA) is 42.4 Å². The molecule has 0 amide bonds. The number of nitrogens with zero attached hydrogens (tertiary/aromatic N) is 1. The van der Waals surface area contributed by atoms with Gasteiger partial charge >= 0.3 is 0 Å². The molecule has 0 saturated carbocycles. The highest BCUT2D eigenvalue weighted by molar-refractivity contribution is 5.60. The lowest BCUT2D eigenvalue weighted by atomic mass is 10.1. The molecular weight excluding hydrogens is 262 g/mol. The lowest BCUT2D eigenvalue weighted by molar-refractivity contribution is 0.282. The molecule has 3 aromatic rings. The third-order valence-corrected chi connectivity index (χ3v) is 3.14. The highest BCUT2D eigenvalue weighted by Crippen LogP contribution is 2.25. The van der Waals surface area contributed by atoms with E-state index in [9.17, 15) is 0 Å². The second-order valence-electron chi connectivity index (χ2n) is 4.65. The molecule has 3 rings (SSSR count). The van der Waals surface area contributed by atoms with Crippen molar-refractivity contribution in [1.29, 1.82) is 0 Å². The Bertz CT molecular complexity index is 709. The van der Waals surface area contributed by atoms with E-state index in [-0.39, 0.29) is 6.61 Å². The van der Waals surface area contributed by atoms with Gasteiger partial charge in [0.25, 0.3) is 0 Å². The number of aliphatic hydroxyl groups excluding tert-OH is 1. The number of benzene rings is 2. The number of rotatable bonds is 4. The van der Waals surface area contributed by atoms with Gasteiger partial charge in [-0.3, -0.25) is 4.98 Å². The number of pyridine rings is 1. The molecule has 21 heavy (non-hydrogen) atoms. The molecule has 0 aliphatic heterocycles. The van der Waals surface area contributed by atoms with Crippen molar-refractivity contribution in [1.82, 2.24) is 4.98 Å². The van der Waals surface area contributed by atoms with Crippen molar-refractivity contribution in [2.75, 3.05) is 0 Å². The van der Waals surface area contributed by atoms with Crippen LogP contribution in [0.2, 0.25) is 0 Å². The van der Waals surface area contributed by atoms with E-state index in [2.05, 4.69) is 4.98 Å². The number of hydrogen-bond donors (Lipinski definition) is 1. The first-order chi connectivity index (χ1) is 10.3. The fraction of sp³-hybridized carbons (Fsp3) is 0.0556. The summed E-state index contributed by atoms with van der Waals surface area (Å²) < 4.78 is 5.75. The first kappa shape index (κ1) is 13.3. The number of aliphatic hydroxyl groups is 1. The lowest BCUT2D eigenvalue weighted by Crippen LogP contribution is -1.88. The molecule has 0 spiro atoms. The third-order valence-electron chi connectivity index (χ3n) is 3.14. The van der Waals surface area contributed by atoms with Crippen LogP contribution in [0.4, 0.5) is 0 Å². The van der Waals surface area contributed by atoms with Crippen LogP contribution < -0.4 is 4.74 Å². The van der Waals surface area contributed by atoms with E-state index in [0.717, 1.165) is 28.3 Å². The summed E-state index contributed by atoms with van der Waals surface area (Å²) in [6.07, 6.45) is 1.70. The zero-order valence-electron chi connectivity index (χ0n) is 11.4. The smallest absolute Gasteiger partial charge is 0.127 e. The van der Waals surface area contributed by atoms with Gasteiger partial charge in [-0.2, -0.15) is 0 Å². The second kappa shape index (κ2) is 6.20. The summed E-state index contributed by atoms with van der Waals surface area (Å²) in [7, 11) is 0. The average Bonchev–Trinajstić information content (AvgIpc) is 2.56. The van der Waals surface area contributed by atoms with Crippen LogP contribution in [-0.4, -0.2) is 10.1 Å². The van der Waals surface area contributed by atoms with Gasteiger partial charge in [-0.15, -0.1) is 0 Å². The number of ether oxygens (including phenoxy) is 1. The molecule has 0 aliphatic rings. The molecule has 3 nitrogen and oxygen atoms in total. The number of para-hydroxylation sites is 1. The summed E-state index contributed by atoms with van der Waals surface area (Å²) in [5, 5.41) is 9.17. The Hall–Kier alpha value is -2.65. The van der Waals surface area contributed by atoms with E-state index < -0.39 is 0 Å².